The fraction of sp³-hybridized carbons (Fsp3) is 0.304. The van der Waals surface area contributed by atoms with E-state index in [-0.39, 0.29) is 18.2 Å². The average Bonchev–Trinajstić information content (AvgIpc) is 3.16. The number of hydrogen-bond acceptors (Lipinski definition) is 5. The molecule has 2 heterocycles. The number of aromatic nitrogens is 3. The molecule has 0 amide bonds. The zero-order valence-corrected chi connectivity index (χ0v) is 16.8. The van der Waals surface area contributed by atoms with Crippen LogP contribution in [0.15, 0.2) is 55.0 Å². The van der Waals surface area contributed by atoms with Crippen molar-refractivity contribution in [3.8, 4) is 11.3 Å². The van der Waals surface area contributed by atoms with Gasteiger partial charge in [0.15, 0.2) is 0 Å². The zero-order valence-electron chi connectivity index (χ0n) is 16.8. The van der Waals surface area contributed by atoms with Gasteiger partial charge in [0.1, 0.15) is 11.6 Å². The summed E-state index contributed by atoms with van der Waals surface area (Å²) in [7, 11) is 0. The van der Waals surface area contributed by atoms with Gasteiger partial charge in [-0.15, -0.1) is 0 Å². The molecule has 0 N–H and O–H groups in total. The summed E-state index contributed by atoms with van der Waals surface area (Å²) in [6, 6.07) is 11.0. The number of rotatable bonds is 9. The third-order valence-electron chi connectivity index (χ3n) is 4.68. The predicted octanol–water partition coefficient (Wildman–Crippen LogP) is 3.89. The van der Waals surface area contributed by atoms with Gasteiger partial charge >= 0.3 is 5.97 Å². The molecule has 29 heavy (non-hydrogen) atoms. The lowest BCUT2D eigenvalue weighted by Crippen LogP contribution is -2.10. The Kier molecular flexibility index (Phi) is 6.89. The summed E-state index contributed by atoms with van der Waals surface area (Å²) in [5.74, 6) is 0.634. The normalized spacial score (nSPS) is 10.7. The van der Waals surface area contributed by atoms with Crippen molar-refractivity contribution < 1.29 is 14.3 Å². The van der Waals surface area contributed by atoms with Crippen LogP contribution in [0.3, 0.4) is 0 Å². The van der Waals surface area contributed by atoms with Crippen LogP contribution in [0.5, 0.6) is 0 Å². The lowest BCUT2D eigenvalue weighted by Gasteiger charge is -2.09. The monoisotopic (exact) mass is 391 g/mol. The van der Waals surface area contributed by atoms with Gasteiger partial charge in [-0.2, -0.15) is 0 Å². The molecular weight excluding hydrogens is 366 g/mol. The molecule has 0 aliphatic carbocycles. The number of benzene rings is 1. The Labute approximate surface area is 170 Å². The van der Waals surface area contributed by atoms with Gasteiger partial charge in [0.2, 0.25) is 0 Å². The number of imidazole rings is 1. The lowest BCUT2D eigenvalue weighted by atomic mass is 10.0. The number of carbonyl (C=O) groups excluding carboxylic acids is 2. The molecule has 0 unspecified atom stereocenters. The highest BCUT2D eigenvalue weighted by Gasteiger charge is 2.13. The van der Waals surface area contributed by atoms with E-state index >= 15 is 0 Å². The van der Waals surface area contributed by atoms with Gasteiger partial charge in [0.25, 0.3) is 0 Å². The number of pyridine rings is 1. The molecule has 2 aromatic heterocycles. The van der Waals surface area contributed by atoms with Crippen molar-refractivity contribution in [3.63, 3.8) is 0 Å². The van der Waals surface area contributed by atoms with Gasteiger partial charge in [0, 0.05) is 43.8 Å². The lowest BCUT2D eigenvalue weighted by molar-refractivity contribution is -0.118. The summed E-state index contributed by atoms with van der Waals surface area (Å²) in [6.07, 6.45) is 6.65. The third kappa shape index (κ3) is 5.16. The second-order valence-corrected chi connectivity index (χ2v) is 6.68. The second-order valence-electron chi connectivity index (χ2n) is 6.68. The Hall–Kier alpha value is -3.28. The Morgan fingerprint density at radius 3 is 2.69 bits per heavy atom. The van der Waals surface area contributed by atoms with E-state index in [1.165, 1.54) is 0 Å². The Morgan fingerprint density at radius 1 is 1.10 bits per heavy atom. The van der Waals surface area contributed by atoms with Gasteiger partial charge in [-0.05, 0) is 43.7 Å². The summed E-state index contributed by atoms with van der Waals surface area (Å²) >= 11 is 0. The van der Waals surface area contributed by atoms with E-state index in [9.17, 15) is 9.59 Å². The summed E-state index contributed by atoms with van der Waals surface area (Å²) in [6.45, 7) is 4.93. The number of carbonyl (C=O) groups is 2. The van der Waals surface area contributed by atoms with E-state index in [0.29, 0.717) is 25.0 Å². The fourth-order valence-corrected chi connectivity index (χ4v) is 3.30. The van der Waals surface area contributed by atoms with Crippen molar-refractivity contribution in [3.05, 3.63) is 71.9 Å². The van der Waals surface area contributed by atoms with E-state index in [2.05, 4.69) is 21.5 Å². The van der Waals surface area contributed by atoms with Crippen LogP contribution in [-0.2, 0) is 28.9 Å². The fourth-order valence-electron chi connectivity index (χ4n) is 3.30. The van der Waals surface area contributed by atoms with Crippen LogP contribution in [0, 0.1) is 0 Å². The largest absolute Gasteiger partial charge is 0.462 e. The van der Waals surface area contributed by atoms with Gasteiger partial charge in [-0.3, -0.25) is 9.78 Å². The number of hydrogen-bond donors (Lipinski definition) is 0. The van der Waals surface area contributed by atoms with E-state index < -0.39 is 0 Å². The molecule has 0 spiro atoms. The first-order chi connectivity index (χ1) is 14.1. The van der Waals surface area contributed by atoms with Crippen LogP contribution in [-0.4, -0.2) is 32.9 Å². The number of ketones is 1. The molecule has 0 fully saturated rings. The van der Waals surface area contributed by atoms with Crippen molar-refractivity contribution >= 4 is 11.8 Å². The Morgan fingerprint density at radius 2 is 1.97 bits per heavy atom. The van der Waals surface area contributed by atoms with Crippen LogP contribution in [0.25, 0.3) is 11.3 Å². The maximum Gasteiger partial charge on any atom is 0.338 e. The topological polar surface area (TPSA) is 74.1 Å². The summed E-state index contributed by atoms with van der Waals surface area (Å²) in [4.78, 5) is 33.1. The standard InChI is InChI=1S/C23H25N3O3/c1-3-26-21(19-9-6-12-24-15-19)16-25-22(26)11-10-20(27)14-17-7-5-8-18(13-17)23(28)29-4-2/h5-9,12-13,15-16H,3-4,10-11,14H2,1-2H3. The Bertz CT molecular complexity index is 980. The molecular formula is C23H25N3O3. The molecule has 0 bridgehead atoms. The molecule has 0 saturated carbocycles. The quantitative estimate of drug-likeness (QED) is 0.518. The minimum Gasteiger partial charge on any atom is -0.462 e. The van der Waals surface area contributed by atoms with E-state index in [1.807, 2.05) is 30.6 Å². The molecule has 6 heteroatoms. The molecule has 0 radical (unpaired) electrons. The Balaban J connectivity index is 1.64. The highest BCUT2D eigenvalue weighted by atomic mass is 16.5. The minimum atomic E-state index is -0.366. The van der Waals surface area contributed by atoms with Crippen LogP contribution in [0.2, 0.25) is 0 Å². The molecule has 0 aliphatic heterocycles. The summed E-state index contributed by atoms with van der Waals surface area (Å²) < 4.78 is 7.13. The van der Waals surface area contributed by atoms with Crippen molar-refractivity contribution in [1.29, 1.82) is 0 Å². The minimum absolute atomic E-state index is 0.111. The molecule has 150 valence electrons. The number of Topliss-reactive ketones (excluding diaryl/α,β-unsaturated/α-hetero) is 1. The van der Waals surface area contributed by atoms with Gasteiger partial charge in [0.05, 0.1) is 24.1 Å². The van der Waals surface area contributed by atoms with Crippen molar-refractivity contribution in [2.45, 2.75) is 39.7 Å². The maximum absolute atomic E-state index is 12.5. The van der Waals surface area contributed by atoms with E-state index in [0.717, 1.165) is 29.2 Å². The molecule has 0 atom stereocenters. The van der Waals surface area contributed by atoms with E-state index in [1.54, 1.807) is 31.3 Å². The van der Waals surface area contributed by atoms with Crippen LogP contribution < -0.4 is 0 Å². The maximum atomic E-state index is 12.5. The zero-order chi connectivity index (χ0) is 20.6. The first-order valence-corrected chi connectivity index (χ1v) is 9.85. The third-order valence-corrected chi connectivity index (χ3v) is 4.68. The summed E-state index contributed by atoms with van der Waals surface area (Å²) in [5, 5.41) is 0. The number of ether oxygens (including phenoxy) is 1. The smallest absolute Gasteiger partial charge is 0.338 e. The molecule has 6 nitrogen and oxygen atoms in total. The molecule has 3 aromatic rings. The van der Waals surface area contributed by atoms with Gasteiger partial charge < -0.3 is 9.30 Å². The number of nitrogens with zero attached hydrogens (tertiary/aromatic N) is 3. The van der Waals surface area contributed by atoms with Gasteiger partial charge in [-0.1, -0.05) is 12.1 Å². The SMILES string of the molecule is CCOC(=O)c1cccc(CC(=O)CCc2ncc(-c3cccnc3)n2CC)c1. The first-order valence-electron chi connectivity index (χ1n) is 9.85. The summed E-state index contributed by atoms with van der Waals surface area (Å²) in [5.41, 5.74) is 3.30. The van der Waals surface area contributed by atoms with Crippen LogP contribution in [0.1, 0.15) is 42.0 Å². The highest BCUT2D eigenvalue weighted by molar-refractivity contribution is 5.90. The number of aryl methyl sites for hydroxylation is 1. The van der Waals surface area contributed by atoms with E-state index in [4.69, 9.17) is 4.74 Å². The van der Waals surface area contributed by atoms with Crippen molar-refractivity contribution in [2.24, 2.45) is 0 Å². The average molecular weight is 391 g/mol. The highest BCUT2D eigenvalue weighted by Crippen LogP contribution is 2.20. The molecule has 1 aromatic carbocycles. The molecule has 0 aliphatic rings. The molecule has 3 rings (SSSR count). The van der Waals surface area contributed by atoms with Crippen LogP contribution >= 0.6 is 0 Å². The van der Waals surface area contributed by atoms with Crippen LogP contribution in [0.4, 0.5) is 0 Å². The van der Waals surface area contributed by atoms with Crippen molar-refractivity contribution in [2.75, 3.05) is 6.61 Å². The second kappa shape index (κ2) is 9.78. The first kappa shape index (κ1) is 20.5. The number of esters is 1. The van der Waals surface area contributed by atoms with Gasteiger partial charge in [-0.25, -0.2) is 9.78 Å². The molecule has 0 saturated heterocycles. The van der Waals surface area contributed by atoms with Crippen molar-refractivity contribution in [1.82, 2.24) is 14.5 Å². The predicted molar refractivity (Wildman–Crippen MR) is 111 cm³/mol.